The van der Waals surface area contributed by atoms with Crippen molar-refractivity contribution < 1.29 is 14.6 Å². The average Bonchev–Trinajstić information content (AvgIpc) is 3.59. The maximum absolute atomic E-state index is 12.8. The van der Waals surface area contributed by atoms with Crippen LogP contribution in [0.1, 0.15) is 46.4 Å². The van der Waals surface area contributed by atoms with E-state index in [2.05, 4.69) is 5.10 Å². The third kappa shape index (κ3) is 3.56. The number of aromatic hydroxyl groups is 1. The van der Waals surface area contributed by atoms with Gasteiger partial charge in [0.05, 0.1) is 18.3 Å². The van der Waals surface area contributed by atoms with Crippen LogP contribution in [0.25, 0.3) is 0 Å². The highest BCUT2D eigenvalue weighted by atomic mass is 16.5. The van der Waals surface area contributed by atoms with E-state index in [-0.39, 0.29) is 23.8 Å². The smallest absolute Gasteiger partial charge is 0.275 e. The summed E-state index contributed by atoms with van der Waals surface area (Å²) in [6.45, 7) is 0.383. The molecule has 2 atom stereocenters. The highest BCUT2D eigenvalue weighted by Crippen LogP contribution is 2.40. The van der Waals surface area contributed by atoms with E-state index in [1.165, 1.54) is 9.58 Å². The highest BCUT2D eigenvalue weighted by Gasteiger charge is 2.38. The summed E-state index contributed by atoms with van der Waals surface area (Å²) in [4.78, 5) is 26.3. The number of fused-ring (bicyclic) bond motifs is 1. The fourth-order valence-corrected chi connectivity index (χ4v) is 4.23. The number of hydrogen-bond acceptors (Lipinski definition) is 5. The van der Waals surface area contributed by atoms with Gasteiger partial charge >= 0.3 is 0 Å². The lowest BCUT2D eigenvalue weighted by Crippen LogP contribution is -2.45. The molecule has 1 saturated carbocycles. The predicted octanol–water partition coefficient (Wildman–Crippen LogP) is 2.95. The molecule has 0 radical (unpaired) electrons. The van der Waals surface area contributed by atoms with Crippen LogP contribution < -0.4 is 10.2 Å². The molecule has 0 saturated heterocycles. The van der Waals surface area contributed by atoms with Gasteiger partial charge in [-0.05, 0) is 36.1 Å². The van der Waals surface area contributed by atoms with Crippen LogP contribution in [0.15, 0.2) is 65.6 Å². The minimum Gasteiger partial charge on any atom is -0.502 e. The van der Waals surface area contributed by atoms with Crippen molar-refractivity contribution in [1.82, 2.24) is 14.7 Å². The second-order valence-corrected chi connectivity index (χ2v) is 8.18. The second-order valence-electron chi connectivity index (χ2n) is 8.18. The van der Waals surface area contributed by atoms with Crippen LogP contribution in [-0.2, 0) is 0 Å². The first-order chi connectivity index (χ1) is 15.0. The zero-order valence-corrected chi connectivity index (χ0v) is 17.1. The molecule has 0 spiro atoms. The lowest BCUT2D eigenvalue weighted by Gasteiger charge is -2.37. The Morgan fingerprint density at radius 1 is 1.06 bits per heavy atom. The summed E-state index contributed by atoms with van der Waals surface area (Å²) in [5.74, 6) is -0.337. The van der Waals surface area contributed by atoms with Crippen molar-refractivity contribution in [3.8, 4) is 11.5 Å². The number of amides is 1. The van der Waals surface area contributed by atoms with Gasteiger partial charge in [-0.25, -0.2) is 0 Å². The van der Waals surface area contributed by atoms with Crippen LogP contribution in [0, 0.1) is 0 Å². The molecular weight excluding hydrogens is 394 g/mol. The Hall–Kier alpha value is -3.61. The number of ether oxygens (including phenoxy) is 1. The van der Waals surface area contributed by atoms with Crippen LogP contribution >= 0.6 is 0 Å². The molecule has 2 heterocycles. The maximum atomic E-state index is 12.8. The standard InChI is InChI=1S/C24H23N3O4/c1-26-14-19(27-22(24(26)30)23(29)20(28)13-25-27)21(15-6-3-2-4-7-15)16-8-5-9-18(12-16)31-17-10-11-17/h2-9,12-13,17,19,21,29H,10-11,14H2,1H3. The lowest BCUT2D eigenvalue weighted by atomic mass is 9.83. The molecule has 3 aromatic rings. The molecule has 2 aliphatic rings. The summed E-state index contributed by atoms with van der Waals surface area (Å²) in [6.07, 6.45) is 3.50. The van der Waals surface area contributed by atoms with Crippen molar-refractivity contribution in [3.05, 3.63) is 87.8 Å². The molecular formula is C24H23N3O4. The fraction of sp³-hybridized carbons (Fsp3) is 0.292. The van der Waals surface area contributed by atoms with E-state index >= 15 is 0 Å². The van der Waals surface area contributed by atoms with E-state index in [1.54, 1.807) is 7.05 Å². The Kier molecular flexibility index (Phi) is 4.73. The molecule has 5 rings (SSSR count). The number of aromatic nitrogens is 2. The van der Waals surface area contributed by atoms with Crippen molar-refractivity contribution >= 4 is 5.91 Å². The van der Waals surface area contributed by atoms with Crippen molar-refractivity contribution in [2.75, 3.05) is 13.6 Å². The third-order valence-corrected chi connectivity index (χ3v) is 5.90. The Morgan fingerprint density at radius 2 is 1.81 bits per heavy atom. The summed E-state index contributed by atoms with van der Waals surface area (Å²) >= 11 is 0. The Bertz CT molecular complexity index is 1190. The fourth-order valence-electron chi connectivity index (χ4n) is 4.23. The zero-order chi connectivity index (χ0) is 21.5. The Balaban J connectivity index is 1.66. The number of rotatable bonds is 5. The van der Waals surface area contributed by atoms with Gasteiger partial charge in [-0.1, -0.05) is 42.5 Å². The van der Waals surface area contributed by atoms with E-state index in [9.17, 15) is 14.7 Å². The molecule has 1 aliphatic carbocycles. The topological polar surface area (TPSA) is 84.7 Å². The molecule has 1 N–H and O–H groups in total. The van der Waals surface area contributed by atoms with E-state index in [0.29, 0.717) is 6.54 Å². The van der Waals surface area contributed by atoms with Gasteiger partial charge in [0.15, 0.2) is 11.4 Å². The normalized spacial score (nSPS) is 19.1. The first kappa shape index (κ1) is 19.4. The molecule has 1 aromatic heterocycles. The molecule has 7 heteroatoms. The van der Waals surface area contributed by atoms with Crippen molar-refractivity contribution in [1.29, 1.82) is 0 Å². The molecule has 1 amide bonds. The van der Waals surface area contributed by atoms with Crippen LogP contribution in [0.2, 0.25) is 0 Å². The zero-order valence-electron chi connectivity index (χ0n) is 17.1. The second kappa shape index (κ2) is 7.58. The van der Waals surface area contributed by atoms with Crippen molar-refractivity contribution in [3.63, 3.8) is 0 Å². The molecule has 31 heavy (non-hydrogen) atoms. The SMILES string of the molecule is CN1CC(C(c2ccccc2)c2cccc(OC3CC3)c2)n2ncc(=O)c(O)c2C1=O. The molecule has 1 fully saturated rings. The number of benzene rings is 2. The first-order valence-electron chi connectivity index (χ1n) is 10.4. The number of nitrogens with zero attached hydrogens (tertiary/aromatic N) is 3. The van der Waals surface area contributed by atoms with Crippen LogP contribution in [0.3, 0.4) is 0 Å². The summed E-state index contributed by atoms with van der Waals surface area (Å²) < 4.78 is 7.52. The average molecular weight is 417 g/mol. The minimum absolute atomic E-state index is 0.0717. The molecule has 0 bridgehead atoms. The summed E-state index contributed by atoms with van der Waals surface area (Å²) in [6, 6.07) is 17.7. The van der Waals surface area contributed by atoms with E-state index in [0.717, 1.165) is 35.9 Å². The maximum Gasteiger partial charge on any atom is 0.275 e. The third-order valence-electron chi connectivity index (χ3n) is 5.90. The van der Waals surface area contributed by atoms with Gasteiger partial charge in [-0.2, -0.15) is 5.10 Å². The lowest BCUT2D eigenvalue weighted by molar-refractivity contribution is 0.0686. The van der Waals surface area contributed by atoms with Gasteiger partial charge in [0.25, 0.3) is 5.91 Å². The summed E-state index contributed by atoms with van der Waals surface area (Å²) in [5, 5.41) is 14.6. The summed E-state index contributed by atoms with van der Waals surface area (Å²) in [7, 11) is 1.67. The summed E-state index contributed by atoms with van der Waals surface area (Å²) in [5.41, 5.74) is 1.33. The number of carbonyl (C=O) groups excluding carboxylic acids is 1. The first-order valence-corrected chi connectivity index (χ1v) is 10.4. The predicted molar refractivity (Wildman–Crippen MR) is 115 cm³/mol. The number of carbonyl (C=O) groups is 1. The van der Waals surface area contributed by atoms with Crippen molar-refractivity contribution in [2.24, 2.45) is 0 Å². The number of hydrogen-bond donors (Lipinski definition) is 1. The van der Waals surface area contributed by atoms with E-state index < -0.39 is 17.1 Å². The van der Waals surface area contributed by atoms with Gasteiger partial charge in [0.2, 0.25) is 5.43 Å². The molecule has 7 nitrogen and oxygen atoms in total. The Morgan fingerprint density at radius 3 is 2.55 bits per heavy atom. The Labute approximate surface area is 179 Å². The quantitative estimate of drug-likeness (QED) is 0.690. The monoisotopic (exact) mass is 417 g/mol. The molecule has 158 valence electrons. The molecule has 2 unspecified atom stereocenters. The highest BCUT2D eigenvalue weighted by molar-refractivity contribution is 5.95. The van der Waals surface area contributed by atoms with E-state index in [4.69, 9.17) is 4.74 Å². The van der Waals surface area contributed by atoms with Crippen molar-refractivity contribution in [2.45, 2.75) is 30.9 Å². The van der Waals surface area contributed by atoms with Gasteiger partial charge in [0.1, 0.15) is 5.75 Å². The van der Waals surface area contributed by atoms with Gasteiger partial charge < -0.3 is 14.7 Å². The molecule has 2 aromatic carbocycles. The number of likely N-dealkylation sites (N-methyl/N-ethyl adjacent to an activating group) is 1. The van der Waals surface area contributed by atoms with Gasteiger partial charge in [-0.3, -0.25) is 14.3 Å². The van der Waals surface area contributed by atoms with Gasteiger partial charge in [0, 0.05) is 19.5 Å². The van der Waals surface area contributed by atoms with Crippen LogP contribution in [0.4, 0.5) is 0 Å². The van der Waals surface area contributed by atoms with Gasteiger partial charge in [-0.15, -0.1) is 0 Å². The molecule has 1 aliphatic heterocycles. The largest absolute Gasteiger partial charge is 0.502 e. The van der Waals surface area contributed by atoms with E-state index in [1.807, 2.05) is 54.6 Å². The van der Waals surface area contributed by atoms with Crippen LogP contribution in [0.5, 0.6) is 11.5 Å². The van der Waals surface area contributed by atoms with Crippen LogP contribution in [-0.4, -0.2) is 45.4 Å². The minimum atomic E-state index is -0.662.